The van der Waals surface area contributed by atoms with E-state index >= 15 is 0 Å². The number of benzene rings is 3. The van der Waals surface area contributed by atoms with Crippen molar-refractivity contribution in [3.8, 4) is 0 Å². The van der Waals surface area contributed by atoms with Crippen LogP contribution in [0.1, 0.15) is 16.7 Å². The molecule has 0 atom stereocenters. The highest BCUT2D eigenvalue weighted by atomic mass is 35.5. The Morgan fingerprint density at radius 1 is 0.429 bits per heavy atom. The Kier molecular flexibility index (Phi) is 8.15. The zero-order chi connectivity index (χ0) is 20.3. The summed E-state index contributed by atoms with van der Waals surface area (Å²) in [6.07, 6.45) is 0. The standard InChI is InChI=1S/C21H15Cl6S/c22-16-4-1-5-17(23)13(16)10-28(11-14-18(24)6-2-7-19(14)25)12-15-20(26)8-3-9-21(15)27/h1-9H,10-12H2/q+1. The minimum atomic E-state index is -0.246. The smallest absolute Gasteiger partial charge is 0.0838 e. The normalized spacial score (nSPS) is 11.2. The molecule has 0 bridgehead atoms. The van der Waals surface area contributed by atoms with Crippen molar-refractivity contribution in [3.63, 3.8) is 0 Å². The molecule has 0 saturated carbocycles. The van der Waals surface area contributed by atoms with Crippen molar-refractivity contribution in [2.75, 3.05) is 0 Å². The lowest BCUT2D eigenvalue weighted by Gasteiger charge is -2.15. The van der Waals surface area contributed by atoms with Crippen LogP contribution in [-0.2, 0) is 28.2 Å². The maximum absolute atomic E-state index is 6.42. The van der Waals surface area contributed by atoms with Gasteiger partial charge in [0.15, 0.2) is 0 Å². The maximum atomic E-state index is 6.42. The van der Waals surface area contributed by atoms with Gasteiger partial charge in [-0.2, -0.15) is 0 Å². The van der Waals surface area contributed by atoms with Crippen LogP contribution in [0.3, 0.4) is 0 Å². The van der Waals surface area contributed by atoms with E-state index in [1.165, 1.54) is 0 Å². The number of hydrogen-bond donors (Lipinski definition) is 0. The third kappa shape index (κ3) is 5.46. The molecule has 0 spiro atoms. The molecule has 0 aliphatic carbocycles. The topological polar surface area (TPSA) is 0 Å². The van der Waals surface area contributed by atoms with E-state index in [2.05, 4.69) is 0 Å². The van der Waals surface area contributed by atoms with E-state index in [0.29, 0.717) is 47.4 Å². The fraction of sp³-hybridized carbons (Fsp3) is 0.143. The molecule has 0 N–H and O–H groups in total. The fourth-order valence-electron chi connectivity index (χ4n) is 2.78. The fourth-order valence-corrected chi connectivity index (χ4v) is 7.31. The molecule has 28 heavy (non-hydrogen) atoms. The Bertz CT molecular complexity index is 801. The first-order valence-electron chi connectivity index (χ1n) is 8.29. The van der Waals surface area contributed by atoms with Crippen LogP contribution in [0.15, 0.2) is 54.6 Å². The Morgan fingerprint density at radius 3 is 0.857 bits per heavy atom. The van der Waals surface area contributed by atoms with Crippen molar-refractivity contribution in [1.82, 2.24) is 0 Å². The van der Waals surface area contributed by atoms with Crippen LogP contribution in [0.5, 0.6) is 0 Å². The quantitative estimate of drug-likeness (QED) is 0.289. The average Bonchev–Trinajstić information content (AvgIpc) is 2.64. The molecular formula is C21H15Cl6S+. The van der Waals surface area contributed by atoms with Crippen LogP contribution in [0.25, 0.3) is 0 Å². The maximum Gasteiger partial charge on any atom is 0.136 e. The first-order chi connectivity index (χ1) is 13.4. The van der Waals surface area contributed by atoms with Crippen LogP contribution in [0.4, 0.5) is 0 Å². The molecule has 0 nitrogen and oxygen atoms in total. The van der Waals surface area contributed by atoms with Crippen molar-refractivity contribution in [2.24, 2.45) is 0 Å². The highest BCUT2D eigenvalue weighted by Gasteiger charge is 2.27. The molecule has 3 aromatic carbocycles. The highest BCUT2D eigenvalue weighted by molar-refractivity contribution is 7.94. The molecule has 0 aliphatic rings. The molecule has 7 heteroatoms. The van der Waals surface area contributed by atoms with Crippen molar-refractivity contribution in [1.29, 1.82) is 0 Å². The zero-order valence-corrected chi connectivity index (χ0v) is 19.8. The molecule has 0 radical (unpaired) electrons. The summed E-state index contributed by atoms with van der Waals surface area (Å²) < 4.78 is 0. The number of halogens is 6. The van der Waals surface area contributed by atoms with Crippen LogP contribution < -0.4 is 0 Å². The predicted molar refractivity (Wildman–Crippen MR) is 128 cm³/mol. The summed E-state index contributed by atoms with van der Waals surface area (Å²) in [6.45, 7) is 0. The summed E-state index contributed by atoms with van der Waals surface area (Å²) in [5.74, 6) is 2.00. The minimum absolute atomic E-state index is 0.246. The lowest BCUT2D eigenvalue weighted by Crippen LogP contribution is -2.14. The predicted octanol–water partition coefficient (Wildman–Crippen LogP) is 9.13. The minimum Gasteiger partial charge on any atom is -0.0838 e. The Labute approximate surface area is 198 Å². The van der Waals surface area contributed by atoms with E-state index in [-0.39, 0.29) is 10.9 Å². The van der Waals surface area contributed by atoms with Crippen molar-refractivity contribution < 1.29 is 0 Å². The van der Waals surface area contributed by atoms with Gasteiger partial charge in [-0.15, -0.1) is 0 Å². The molecule has 3 aromatic rings. The molecular weight excluding hydrogens is 497 g/mol. The van der Waals surface area contributed by atoms with Crippen LogP contribution in [0, 0.1) is 0 Å². The molecule has 0 aromatic heterocycles. The van der Waals surface area contributed by atoms with E-state index in [4.69, 9.17) is 69.6 Å². The average molecular weight is 512 g/mol. The Hall–Kier alpha value is -0.250. The molecule has 0 aliphatic heterocycles. The van der Waals surface area contributed by atoms with E-state index in [1.54, 1.807) is 0 Å². The highest BCUT2D eigenvalue weighted by Crippen LogP contribution is 2.35. The van der Waals surface area contributed by atoms with E-state index in [1.807, 2.05) is 54.6 Å². The summed E-state index contributed by atoms with van der Waals surface area (Å²) in [5, 5.41) is 3.84. The largest absolute Gasteiger partial charge is 0.136 e. The summed E-state index contributed by atoms with van der Waals surface area (Å²) in [7, 11) is -0.246. The second-order valence-electron chi connectivity index (χ2n) is 6.15. The van der Waals surface area contributed by atoms with Gasteiger partial charge >= 0.3 is 0 Å². The van der Waals surface area contributed by atoms with Gasteiger partial charge in [-0.1, -0.05) is 87.8 Å². The van der Waals surface area contributed by atoms with Gasteiger partial charge in [0.2, 0.25) is 0 Å². The first kappa shape index (κ1) is 22.4. The molecule has 0 amide bonds. The number of hydrogen-bond acceptors (Lipinski definition) is 0. The van der Waals surface area contributed by atoms with Crippen LogP contribution >= 0.6 is 69.6 Å². The van der Waals surface area contributed by atoms with Gasteiger partial charge in [-0.05, 0) is 36.4 Å². The summed E-state index contributed by atoms with van der Waals surface area (Å²) >= 11 is 38.5. The van der Waals surface area contributed by atoms with Gasteiger partial charge in [0, 0.05) is 57.7 Å². The monoisotopic (exact) mass is 509 g/mol. The van der Waals surface area contributed by atoms with Gasteiger partial charge in [-0.3, -0.25) is 0 Å². The second kappa shape index (κ2) is 10.2. The Balaban J connectivity index is 1.98. The van der Waals surface area contributed by atoms with Crippen molar-refractivity contribution in [2.45, 2.75) is 17.3 Å². The summed E-state index contributed by atoms with van der Waals surface area (Å²) in [6, 6.07) is 16.6. The van der Waals surface area contributed by atoms with Crippen LogP contribution in [-0.4, -0.2) is 0 Å². The van der Waals surface area contributed by atoms with Crippen molar-refractivity contribution in [3.05, 3.63) is 101 Å². The van der Waals surface area contributed by atoms with E-state index < -0.39 is 0 Å². The summed E-state index contributed by atoms with van der Waals surface area (Å²) in [5.41, 5.74) is 2.71. The van der Waals surface area contributed by atoms with Crippen LogP contribution in [0.2, 0.25) is 30.1 Å². The molecule has 0 saturated heterocycles. The summed E-state index contributed by atoms with van der Waals surface area (Å²) in [4.78, 5) is 0. The molecule has 0 unspecified atom stereocenters. The van der Waals surface area contributed by atoms with E-state index in [9.17, 15) is 0 Å². The van der Waals surface area contributed by atoms with Gasteiger partial charge < -0.3 is 0 Å². The van der Waals surface area contributed by atoms with Gasteiger partial charge in [0.25, 0.3) is 0 Å². The lowest BCUT2D eigenvalue weighted by atomic mass is 10.2. The van der Waals surface area contributed by atoms with Gasteiger partial charge in [0.1, 0.15) is 17.3 Å². The third-order valence-electron chi connectivity index (χ3n) is 4.23. The van der Waals surface area contributed by atoms with E-state index in [0.717, 1.165) is 16.7 Å². The zero-order valence-electron chi connectivity index (χ0n) is 14.5. The van der Waals surface area contributed by atoms with Gasteiger partial charge in [0.05, 0.1) is 0 Å². The number of rotatable bonds is 6. The Morgan fingerprint density at radius 2 is 0.643 bits per heavy atom. The van der Waals surface area contributed by atoms with Crippen molar-refractivity contribution >= 4 is 80.5 Å². The molecule has 146 valence electrons. The lowest BCUT2D eigenvalue weighted by molar-refractivity contribution is 1.28. The van der Waals surface area contributed by atoms with Gasteiger partial charge in [-0.25, -0.2) is 0 Å². The second-order valence-corrected chi connectivity index (χ2v) is 10.7. The third-order valence-corrected chi connectivity index (χ3v) is 8.45. The SMILES string of the molecule is Clc1cccc(Cl)c1C[S+](Cc1c(Cl)cccc1Cl)Cc1c(Cl)cccc1Cl. The molecule has 3 rings (SSSR count). The first-order valence-corrected chi connectivity index (χ1v) is 12.3. The molecule has 0 fully saturated rings. The molecule has 0 heterocycles.